The van der Waals surface area contributed by atoms with Crippen molar-refractivity contribution in [3.8, 4) is 0 Å². The van der Waals surface area contributed by atoms with E-state index in [9.17, 15) is 14.0 Å². The predicted octanol–water partition coefficient (Wildman–Crippen LogP) is 4.21. The van der Waals surface area contributed by atoms with Crippen molar-refractivity contribution in [3.05, 3.63) is 40.7 Å². The molecule has 1 aromatic carbocycles. The molecule has 136 valence electrons. The summed E-state index contributed by atoms with van der Waals surface area (Å²) in [6.07, 6.45) is 4.42. The van der Waals surface area contributed by atoms with Crippen LogP contribution in [0.25, 0.3) is 6.08 Å². The Morgan fingerprint density at radius 2 is 1.96 bits per heavy atom. The third-order valence-corrected chi connectivity index (χ3v) is 4.80. The summed E-state index contributed by atoms with van der Waals surface area (Å²) >= 11 is 5.90. The zero-order chi connectivity index (χ0) is 18.6. The van der Waals surface area contributed by atoms with Gasteiger partial charge in [0.15, 0.2) is 6.10 Å². The van der Waals surface area contributed by atoms with E-state index in [0.717, 1.165) is 25.3 Å². The fourth-order valence-electron chi connectivity index (χ4n) is 3.15. The molecular weight excluding hydrogens is 345 g/mol. The summed E-state index contributed by atoms with van der Waals surface area (Å²) in [5.41, 5.74) is 0.110. The number of esters is 1. The minimum atomic E-state index is -0.892. The van der Waals surface area contributed by atoms with E-state index in [0.29, 0.717) is 0 Å². The molecule has 0 aliphatic carbocycles. The number of carbonyl (C=O) groups excluding carboxylic acids is 2. The number of carbonyl (C=O) groups is 2. The first-order valence-corrected chi connectivity index (χ1v) is 8.84. The number of benzene rings is 1. The second-order valence-corrected chi connectivity index (χ2v) is 6.83. The lowest BCUT2D eigenvalue weighted by Gasteiger charge is -2.40. The van der Waals surface area contributed by atoms with E-state index < -0.39 is 17.9 Å². The van der Waals surface area contributed by atoms with Gasteiger partial charge in [0.1, 0.15) is 5.82 Å². The number of hydrogen-bond acceptors (Lipinski definition) is 3. The van der Waals surface area contributed by atoms with Crippen LogP contribution >= 0.6 is 11.6 Å². The molecule has 0 aromatic heterocycles. The van der Waals surface area contributed by atoms with Gasteiger partial charge in [-0.15, -0.1) is 0 Å². The SMILES string of the molecule is C[C@@H]1CCC[C@H](C)N1C(=O)[C@@H](C)OC(=O)/C=C/c1c(F)cccc1Cl. The molecule has 1 heterocycles. The second kappa shape index (κ2) is 8.48. The molecule has 1 aliphatic rings. The second-order valence-electron chi connectivity index (χ2n) is 6.42. The zero-order valence-electron chi connectivity index (χ0n) is 14.7. The van der Waals surface area contributed by atoms with E-state index in [-0.39, 0.29) is 28.6 Å². The lowest BCUT2D eigenvalue weighted by molar-refractivity contribution is -0.158. The minimum Gasteiger partial charge on any atom is -0.449 e. The van der Waals surface area contributed by atoms with Crippen molar-refractivity contribution in [1.82, 2.24) is 4.90 Å². The largest absolute Gasteiger partial charge is 0.449 e. The van der Waals surface area contributed by atoms with Crippen molar-refractivity contribution >= 4 is 29.6 Å². The molecule has 0 unspecified atom stereocenters. The van der Waals surface area contributed by atoms with Gasteiger partial charge in [0.2, 0.25) is 0 Å². The van der Waals surface area contributed by atoms with Crippen LogP contribution < -0.4 is 0 Å². The van der Waals surface area contributed by atoms with E-state index in [1.807, 2.05) is 13.8 Å². The summed E-state index contributed by atoms with van der Waals surface area (Å²) in [5, 5.41) is 0.198. The Balaban J connectivity index is 2.00. The van der Waals surface area contributed by atoms with Crippen LogP contribution in [-0.2, 0) is 14.3 Å². The van der Waals surface area contributed by atoms with Crippen molar-refractivity contribution in [2.75, 3.05) is 0 Å². The van der Waals surface area contributed by atoms with Crippen LogP contribution in [-0.4, -0.2) is 35.0 Å². The van der Waals surface area contributed by atoms with Gasteiger partial charge in [0.25, 0.3) is 5.91 Å². The first-order chi connectivity index (χ1) is 11.8. The number of likely N-dealkylation sites (tertiary alicyclic amines) is 1. The molecule has 1 aliphatic heterocycles. The molecule has 2 rings (SSSR count). The van der Waals surface area contributed by atoms with Crippen LogP contribution in [0.2, 0.25) is 5.02 Å². The van der Waals surface area contributed by atoms with Gasteiger partial charge in [0, 0.05) is 23.7 Å². The highest BCUT2D eigenvalue weighted by atomic mass is 35.5. The number of halogens is 2. The highest BCUT2D eigenvalue weighted by molar-refractivity contribution is 6.32. The molecule has 1 aromatic rings. The van der Waals surface area contributed by atoms with Gasteiger partial charge < -0.3 is 9.64 Å². The molecule has 1 fully saturated rings. The zero-order valence-corrected chi connectivity index (χ0v) is 15.4. The maximum Gasteiger partial charge on any atom is 0.331 e. The Morgan fingerprint density at radius 1 is 1.32 bits per heavy atom. The molecular formula is C19H23ClFNO3. The first-order valence-electron chi connectivity index (χ1n) is 8.46. The molecule has 0 bridgehead atoms. The Kier molecular flexibility index (Phi) is 6.59. The summed E-state index contributed by atoms with van der Waals surface area (Å²) in [7, 11) is 0. The van der Waals surface area contributed by atoms with Crippen molar-refractivity contribution in [2.24, 2.45) is 0 Å². The summed E-state index contributed by atoms with van der Waals surface area (Å²) in [6, 6.07) is 4.52. The van der Waals surface area contributed by atoms with Crippen molar-refractivity contribution < 1.29 is 18.7 Å². The minimum absolute atomic E-state index is 0.110. The molecule has 0 N–H and O–H groups in total. The number of amides is 1. The van der Waals surface area contributed by atoms with Gasteiger partial charge >= 0.3 is 5.97 Å². The number of piperidine rings is 1. The van der Waals surface area contributed by atoms with E-state index in [1.54, 1.807) is 11.8 Å². The highest BCUT2D eigenvalue weighted by Gasteiger charge is 2.32. The summed E-state index contributed by atoms with van der Waals surface area (Å²) in [5.74, 6) is -1.44. The van der Waals surface area contributed by atoms with Crippen LogP contribution in [0.15, 0.2) is 24.3 Å². The number of hydrogen-bond donors (Lipinski definition) is 0. The first kappa shape index (κ1) is 19.4. The van der Waals surface area contributed by atoms with Crippen LogP contribution in [0.5, 0.6) is 0 Å². The van der Waals surface area contributed by atoms with Gasteiger partial charge in [-0.1, -0.05) is 17.7 Å². The van der Waals surface area contributed by atoms with Gasteiger partial charge in [-0.3, -0.25) is 4.79 Å². The maximum absolute atomic E-state index is 13.7. The van der Waals surface area contributed by atoms with Crippen LogP contribution in [0.4, 0.5) is 4.39 Å². The van der Waals surface area contributed by atoms with Gasteiger partial charge in [0.05, 0.1) is 5.02 Å². The monoisotopic (exact) mass is 367 g/mol. The number of rotatable bonds is 4. The fraction of sp³-hybridized carbons (Fsp3) is 0.474. The maximum atomic E-state index is 13.7. The number of nitrogens with zero attached hydrogens (tertiary/aromatic N) is 1. The van der Waals surface area contributed by atoms with Crippen LogP contribution in [0.1, 0.15) is 45.6 Å². The Bertz CT molecular complexity index is 646. The van der Waals surface area contributed by atoms with Gasteiger partial charge in [-0.05, 0) is 58.2 Å². The summed E-state index contributed by atoms with van der Waals surface area (Å²) in [6.45, 7) is 5.56. The van der Waals surface area contributed by atoms with Crippen molar-refractivity contribution in [2.45, 2.75) is 58.2 Å². The average molecular weight is 368 g/mol. The molecule has 0 spiro atoms. The van der Waals surface area contributed by atoms with E-state index in [2.05, 4.69) is 0 Å². The Morgan fingerprint density at radius 3 is 2.56 bits per heavy atom. The molecule has 3 atom stereocenters. The molecule has 0 saturated carbocycles. The normalized spacial score (nSPS) is 22.0. The fourth-order valence-corrected chi connectivity index (χ4v) is 3.38. The Hall–Kier alpha value is -1.88. The Labute approximate surface area is 152 Å². The molecule has 6 heteroatoms. The molecule has 1 saturated heterocycles. The summed E-state index contributed by atoms with van der Waals surface area (Å²) in [4.78, 5) is 26.3. The lowest BCUT2D eigenvalue weighted by Crippen LogP contribution is -2.51. The van der Waals surface area contributed by atoms with Crippen LogP contribution in [0.3, 0.4) is 0 Å². The third-order valence-electron chi connectivity index (χ3n) is 4.47. The summed E-state index contributed by atoms with van der Waals surface area (Å²) < 4.78 is 18.9. The smallest absolute Gasteiger partial charge is 0.331 e. The average Bonchev–Trinajstić information content (AvgIpc) is 2.54. The quantitative estimate of drug-likeness (QED) is 0.591. The van der Waals surface area contributed by atoms with Crippen LogP contribution in [0, 0.1) is 5.82 Å². The van der Waals surface area contributed by atoms with Gasteiger partial charge in [-0.25, -0.2) is 9.18 Å². The molecule has 1 amide bonds. The predicted molar refractivity (Wildman–Crippen MR) is 95.6 cm³/mol. The van der Waals surface area contributed by atoms with E-state index >= 15 is 0 Å². The van der Waals surface area contributed by atoms with E-state index in [1.165, 1.54) is 24.3 Å². The highest BCUT2D eigenvalue weighted by Crippen LogP contribution is 2.24. The number of ether oxygens (including phenoxy) is 1. The van der Waals surface area contributed by atoms with E-state index in [4.69, 9.17) is 16.3 Å². The molecule has 25 heavy (non-hydrogen) atoms. The van der Waals surface area contributed by atoms with Gasteiger partial charge in [-0.2, -0.15) is 0 Å². The lowest BCUT2D eigenvalue weighted by atomic mass is 9.97. The molecule has 0 radical (unpaired) electrons. The standard InChI is InChI=1S/C19H23ClFNO3/c1-12-6-4-7-13(2)22(12)19(24)14(3)25-18(23)11-10-15-16(20)8-5-9-17(15)21/h5,8-14H,4,6-7H2,1-3H3/b11-10+/t12-,13+,14-/m1/s1. The third kappa shape index (κ3) is 4.82. The molecule has 4 nitrogen and oxygen atoms in total. The van der Waals surface area contributed by atoms with Crippen molar-refractivity contribution in [3.63, 3.8) is 0 Å². The topological polar surface area (TPSA) is 46.6 Å². The van der Waals surface area contributed by atoms with Crippen molar-refractivity contribution in [1.29, 1.82) is 0 Å².